The van der Waals surface area contributed by atoms with E-state index in [9.17, 15) is 8.42 Å². The molecule has 8 nitrogen and oxygen atoms in total. The molecule has 1 atom stereocenters. The average Bonchev–Trinajstić information content (AvgIpc) is 2.92. The Kier molecular flexibility index (Phi) is 4.06. The average molecular weight is 312 g/mol. The van der Waals surface area contributed by atoms with Crippen LogP contribution in [0.4, 0.5) is 0 Å². The fraction of sp³-hybridized carbons (Fsp3) is 0.200. The van der Waals surface area contributed by atoms with E-state index in [0.29, 0.717) is 11.5 Å². The molecule has 106 valence electrons. The lowest BCUT2D eigenvalue weighted by molar-refractivity contribution is 0.560. The number of hydrogen-bond donors (Lipinski definition) is 3. The van der Waals surface area contributed by atoms with Crippen LogP contribution in [0.3, 0.4) is 0 Å². The number of aromatic nitrogens is 4. The van der Waals surface area contributed by atoms with Crippen LogP contribution in [-0.4, -0.2) is 33.6 Å². The number of hydrogen-bond acceptors (Lipinski definition) is 6. The standard InChI is InChI=1S/C10H12N6O2S2/c1-6(10-13-5-14-15-10)16-20(17,18)7-2-3-8(9(11)19)12-4-7/h2-6,16H,1H3,(H2,11,19)(H,13,14,15). The van der Waals surface area contributed by atoms with Gasteiger partial charge in [-0.3, -0.25) is 10.1 Å². The molecule has 0 amide bonds. The molecule has 0 aliphatic carbocycles. The fourth-order valence-electron chi connectivity index (χ4n) is 1.47. The van der Waals surface area contributed by atoms with E-state index in [1.807, 2.05) is 0 Å². The molecule has 0 radical (unpaired) electrons. The Morgan fingerprint density at radius 3 is 2.70 bits per heavy atom. The molecule has 0 aliphatic heterocycles. The van der Waals surface area contributed by atoms with E-state index in [-0.39, 0.29) is 9.88 Å². The van der Waals surface area contributed by atoms with Gasteiger partial charge >= 0.3 is 0 Å². The minimum Gasteiger partial charge on any atom is -0.388 e. The van der Waals surface area contributed by atoms with Gasteiger partial charge in [0.25, 0.3) is 0 Å². The maximum Gasteiger partial charge on any atom is 0.242 e. The summed E-state index contributed by atoms with van der Waals surface area (Å²) >= 11 is 4.75. The van der Waals surface area contributed by atoms with Crippen LogP contribution in [0, 0.1) is 0 Å². The topological polar surface area (TPSA) is 127 Å². The van der Waals surface area contributed by atoms with Crippen molar-refractivity contribution in [1.82, 2.24) is 24.9 Å². The number of sulfonamides is 1. The molecule has 2 aromatic heterocycles. The minimum absolute atomic E-state index is 0.0175. The first-order valence-corrected chi connectivity index (χ1v) is 7.43. The lowest BCUT2D eigenvalue weighted by atomic mass is 10.3. The van der Waals surface area contributed by atoms with E-state index in [1.165, 1.54) is 24.7 Å². The maximum atomic E-state index is 12.1. The summed E-state index contributed by atoms with van der Waals surface area (Å²) in [5.74, 6) is 0.418. The van der Waals surface area contributed by atoms with Crippen molar-refractivity contribution in [2.45, 2.75) is 17.9 Å². The molecule has 0 spiro atoms. The zero-order chi connectivity index (χ0) is 14.8. The van der Waals surface area contributed by atoms with Crippen LogP contribution in [0.2, 0.25) is 0 Å². The van der Waals surface area contributed by atoms with E-state index in [4.69, 9.17) is 18.0 Å². The highest BCUT2D eigenvalue weighted by Crippen LogP contribution is 2.13. The van der Waals surface area contributed by atoms with Gasteiger partial charge in [0.2, 0.25) is 10.0 Å². The molecule has 0 aromatic carbocycles. The van der Waals surface area contributed by atoms with Gasteiger partial charge in [0.15, 0.2) is 0 Å². The Labute approximate surface area is 120 Å². The van der Waals surface area contributed by atoms with E-state index >= 15 is 0 Å². The Morgan fingerprint density at radius 1 is 1.45 bits per heavy atom. The van der Waals surface area contributed by atoms with Gasteiger partial charge in [-0.05, 0) is 19.1 Å². The number of nitrogens with two attached hydrogens (primary N) is 1. The van der Waals surface area contributed by atoms with Crippen molar-refractivity contribution < 1.29 is 8.42 Å². The molecular weight excluding hydrogens is 300 g/mol. The first kappa shape index (κ1) is 14.5. The molecule has 0 aliphatic rings. The van der Waals surface area contributed by atoms with Crippen LogP contribution >= 0.6 is 12.2 Å². The van der Waals surface area contributed by atoms with Gasteiger partial charge in [-0.1, -0.05) is 12.2 Å². The SMILES string of the molecule is CC(NS(=O)(=O)c1ccc(C(N)=S)nc1)c1ncn[nH]1. The van der Waals surface area contributed by atoms with Crippen LogP contribution in [0.1, 0.15) is 24.5 Å². The molecule has 2 heterocycles. The lowest BCUT2D eigenvalue weighted by Gasteiger charge is -2.11. The van der Waals surface area contributed by atoms with Crippen LogP contribution in [-0.2, 0) is 10.0 Å². The third-order valence-electron chi connectivity index (χ3n) is 2.47. The molecular formula is C10H12N6O2S2. The minimum atomic E-state index is -3.71. The second-order valence-electron chi connectivity index (χ2n) is 3.96. The number of rotatable bonds is 5. The second-order valence-corrected chi connectivity index (χ2v) is 6.11. The third-order valence-corrected chi connectivity index (χ3v) is 4.21. The summed E-state index contributed by atoms with van der Waals surface area (Å²) in [5, 5.41) is 6.26. The Hall–Kier alpha value is -1.91. The monoisotopic (exact) mass is 312 g/mol. The summed E-state index contributed by atoms with van der Waals surface area (Å²) in [6.45, 7) is 1.65. The first-order chi connectivity index (χ1) is 9.40. The summed E-state index contributed by atoms with van der Waals surface area (Å²) in [6.07, 6.45) is 2.50. The number of H-pyrrole nitrogens is 1. The van der Waals surface area contributed by atoms with Crippen molar-refractivity contribution in [3.63, 3.8) is 0 Å². The highest BCUT2D eigenvalue weighted by Gasteiger charge is 2.20. The number of aromatic amines is 1. The fourth-order valence-corrected chi connectivity index (χ4v) is 2.74. The predicted molar refractivity (Wildman–Crippen MR) is 75.2 cm³/mol. The maximum absolute atomic E-state index is 12.1. The molecule has 0 fully saturated rings. The van der Waals surface area contributed by atoms with Crippen molar-refractivity contribution in [3.8, 4) is 0 Å². The van der Waals surface area contributed by atoms with Crippen LogP contribution < -0.4 is 10.5 Å². The largest absolute Gasteiger partial charge is 0.388 e. The van der Waals surface area contributed by atoms with Gasteiger partial charge in [-0.25, -0.2) is 18.1 Å². The molecule has 2 rings (SSSR count). The summed E-state index contributed by atoms with van der Waals surface area (Å²) < 4.78 is 26.7. The van der Waals surface area contributed by atoms with Crippen molar-refractivity contribution in [2.75, 3.05) is 0 Å². The second kappa shape index (κ2) is 5.61. The van der Waals surface area contributed by atoms with Gasteiger partial charge in [0.05, 0.1) is 11.7 Å². The first-order valence-electron chi connectivity index (χ1n) is 5.53. The van der Waals surface area contributed by atoms with E-state index < -0.39 is 16.1 Å². The normalized spacial score (nSPS) is 13.1. The van der Waals surface area contributed by atoms with Gasteiger partial charge in [-0.2, -0.15) is 5.10 Å². The molecule has 0 saturated carbocycles. The Bertz CT molecular complexity index is 696. The smallest absolute Gasteiger partial charge is 0.242 e. The van der Waals surface area contributed by atoms with Gasteiger partial charge in [0.1, 0.15) is 22.0 Å². The zero-order valence-corrected chi connectivity index (χ0v) is 12.1. The van der Waals surface area contributed by atoms with Gasteiger partial charge in [0, 0.05) is 6.20 Å². The molecule has 0 bridgehead atoms. The van der Waals surface area contributed by atoms with Crippen LogP contribution in [0.25, 0.3) is 0 Å². The highest BCUT2D eigenvalue weighted by molar-refractivity contribution is 7.89. The van der Waals surface area contributed by atoms with Gasteiger partial charge in [-0.15, -0.1) is 0 Å². The number of nitrogens with one attached hydrogen (secondary N) is 2. The molecule has 10 heteroatoms. The van der Waals surface area contributed by atoms with E-state index in [0.717, 1.165) is 0 Å². The zero-order valence-electron chi connectivity index (χ0n) is 10.4. The lowest BCUT2D eigenvalue weighted by Crippen LogP contribution is -2.28. The summed E-state index contributed by atoms with van der Waals surface area (Å²) in [6, 6.07) is 2.30. The molecule has 4 N–H and O–H groups in total. The molecule has 1 unspecified atom stereocenters. The quantitative estimate of drug-likeness (QED) is 0.656. The van der Waals surface area contributed by atoms with Crippen molar-refractivity contribution in [1.29, 1.82) is 0 Å². The molecule has 2 aromatic rings. The number of pyridine rings is 1. The highest BCUT2D eigenvalue weighted by atomic mass is 32.2. The van der Waals surface area contributed by atoms with Crippen molar-refractivity contribution in [3.05, 3.63) is 36.2 Å². The van der Waals surface area contributed by atoms with Gasteiger partial charge < -0.3 is 5.73 Å². The van der Waals surface area contributed by atoms with E-state index in [2.05, 4.69) is 24.9 Å². The Morgan fingerprint density at radius 2 is 2.20 bits per heavy atom. The van der Waals surface area contributed by atoms with Crippen molar-refractivity contribution >= 4 is 27.2 Å². The van der Waals surface area contributed by atoms with Crippen LogP contribution in [0.15, 0.2) is 29.6 Å². The Balaban J connectivity index is 2.20. The van der Waals surface area contributed by atoms with Crippen molar-refractivity contribution in [2.24, 2.45) is 5.73 Å². The number of thiocarbonyl (C=S) groups is 1. The van der Waals surface area contributed by atoms with E-state index in [1.54, 1.807) is 6.92 Å². The summed E-state index contributed by atoms with van der Waals surface area (Å²) in [5.41, 5.74) is 5.77. The predicted octanol–water partition coefficient (Wildman–Crippen LogP) is -0.127. The molecule has 0 saturated heterocycles. The molecule has 20 heavy (non-hydrogen) atoms. The third kappa shape index (κ3) is 3.15. The van der Waals surface area contributed by atoms with Crippen LogP contribution in [0.5, 0.6) is 0 Å². The summed E-state index contributed by atoms with van der Waals surface area (Å²) in [7, 11) is -3.71. The summed E-state index contributed by atoms with van der Waals surface area (Å²) in [4.78, 5) is 7.91. The number of nitrogens with zero attached hydrogens (tertiary/aromatic N) is 3.